The summed E-state index contributed by atoms with van der Waals surface area (Å²) < 4.78 is 31.2. The number of sulfonamides is 1. The van der Waals surface area contributed by atoms with Gasteiger partial charge in [0.2, 0.25) is 5.91 Å². The number of fused-ring (bicyclic) bond motifs is 2. The second kappa shape index (κ2) is 7.65. The number of aromatic nitrogens is 3. The highest BCUT2D eigenvalue weighted by Crippen LogP contribution is 2.35. The summed E-state index contributed by atoms with van der Waals surface area (Å²) in [7, 11) is -4.00. The van der Waals surface area contributed by atoms with Crippen LogP contribution in [0.3, 0.4) is 0 Å². The number of nitrogens with zero attached hydrogens (tertiary/aromatic N) is 3. The van der Waals surface area contributed by atoms with Crippen LogP contribution in [-0.2, 0) is 34.2 Å². The van der Waals surface area contributed by atoms with Crippen LogP contribution in [-0.4, -0.2) is 29.1 Å². The molecule has 1 aromatic heterocycles. The summed E-state index contributed by atoms with van der Waals surface area (Å²) in [5.74, 6) is 1.38. The number of hydrogen-bond acceptors (Lipinski definition) is 5. The third kappa shape index (κ3) is 3.68. The van der Waals surface area contributed by atoms with Gasteiger partial charge >= 0.3 is 0 Å². The largest absolute Gasteiger partial charge is 0.325 e. The molecule has 3 aromatic rings. The average molecular weight is 458 g/mol. The fourth-order valence-corrected chi connectivity index (χ4v) is 5.74. The van der Waals surface area contributed by atoms with Crippen LogP contribution in [0.25, 0.3) is 11.4 Å². The number of benzene rings is 2. The van der Waals surface area contributed by atoms with Crippen molar-refractivity contribution in [2.45, 2.75) is 43.5 Å². The molecule has 2 aromatic carbocycles. The molecule has 0 radical (unpaired) electrons. The number of carbonyl (C=O) groups is 1. The van der Waals surface area contributed by atoms with Gasteiger partial charge in [-0.3, -0.25) is 9.52 Å². The number of amides is 1. The number of halogens is 1. The van der Waals surface area contributed by atoms with Gasteiger partial charge in [-0.25, -0.2) is 8.42 Å². The van der Waals surface area contributed by atoms with E-state index in [1.165, 1.54) is 12.1 Å². The van der Waals surface area contributed by atoms with Crippen LogP contribution in [0, 0.1) is 0 Å². The van der Waals surface area contributed by atoms with Crippen LogP contribution in [0.5, 0.6) is 0 Å². The third-order valence-electron chi connectivity index (χ3n) is 5.59. The van der Waals surface area contributed by atoms with Crippen molar-refractivity contribution in [3.8, 4) is 11.4 Å². The minimum absolute atomic E-state index is 0.0438. The highest BCUT2D eigenvalue weighted by atomic mass is 35.5. The topological polar surface area (TPSA) is 106 Å². The number of nitrogens with one attached hydrogen (secondary N) is 2. The molecule has 0 unspecified atom stereocenters. The van der Waals surface area contributed by atoms with E-state index in [0.717, 1.165) is 38.1 Å². The molecule has 160 valence electrons. The standard InChI is InChI=1S/C21H20ClN5O3S/c22-15-12-17-13(11-20(28)23-17)10-18(15)31(29,30)26-16-7-4-3-6-14(16)21-25-24-19-8-2-1-5-9-27(19)21/h3-4,6-7,10,12,26H,1-2,5,8-9,11H2,(H,23,28). The Morgan fingerprint density at radius 2 is 1.94 bits per heavy atom. The van der Waals surface area contributed by atoms with Crippen molar-refractivity contribution in [2.24, 2.45) is 0 Å². The van der Waals surface area contributed by atoms with Crippen molar-refractivity contribution < 1.29 is 13.2 Å². The molecule has 5 rings (SSSR count). The molecule has 2 aliphatic rings. The monoisotopic (exact) mass is 457 g/mol. The second-order valence-corrected chi connectivity index (χ2v) is 9.78. The van der Waals surface area contributed by atoms with Gasteiger partial charge in [-0.1, -0.05) is 30.2 Å². The number of carbonyl (C=O) groups excluding carboxylic acids is 1. The lowest BCUT2D eigenvalue weighted by Crippen LogP contribution is -2.15. The molecular weight excluding hydrogens is 438 g/mol. The number of para-hydroxylation sites is 1. The molecule has 0 bridgehead atoms. The Hall–Kier alpha value is -2.91. The predicted octanol–water partition coefficient (Wildman–Crippen LogP) is 3.62. The zero-order chi connectivity index (χ0) is 21.6. The van der Waals surface area contributed by atoms with Gasteiger partial charge in [-0.2, -0.15) is 0 Å². The van der Waals surface area contributed by atoms with Crippen molar-refractivity contribution in [1.29, 1.82) is 0 Å². The molecule has 0 fully saturated rings. The lowest BCUT2D eigenvalue weighted by atomic mass is 10.1. The summed E-state index contributed by atoms with van der Waals surface area (Å²) in [6, 6.07) is 10.0. The third-order valence-corrected chi connectivity index (χ3v) is 7.42. The summed E-state index contributed by atoms with van der Waals surface area (Å²) >= 11 is 6.26. The number of hydrogen-bond donors (Lipinski definition) is 2. The van der Waals surface area contributed by atoms with Gasteiger partial charge in [0.25, 0.3) is 10.0 Å². The van der Waals surface area contributed by atoms with Crippen LogP contribution >= 0.6 is 11.6 Å². The fraction of sp³-hybridized carbons (Fsp3) is 0.286. The van der Waals surface area contributed by atoms with E-state index in [0.29, 0.717) is 28.3 Å². The average Bonchev–Trinajstić information content (AvgIpc) is 3.21. The molecule has 31 heavy (non-hydrogen) atoms. The predicted molar refractivity (Wildman–Crippen MR) is 118 cm³/mol. The van der Waals surface area contributed by atoms with Gasteiger partial charge in [0.1, 0.15) is 10.7 Å². The summed E-state index contributed by atoms with van der Waals surface area (Å²) in [6.07, 6.45) is 4.21. The summed E-state index contributed by atoms with van der Waals surface area (Å²) in [5, 5.41) is 11.4. The van der Waals surface area contributed by atoms with Gasteiger partial charge in [0, 0.05) is 24.2 Å². The number of aryl methyl sites for hydroxylation is 1. The highest BCUT2D eigenvalue weighted by Gasteiger charge is 2.26. The minimum Gasteiger partial charge on any atom is -0.325 e. The van der Waals surface area contributed by atoms with Crippen LogP contribution in [0.2, 0.25) is 5.02 Å². The first-order chi connectivity index (χ1) is 14.9. The SMILES string of the molecule is O=C1Cc2cc(S(=O)(=O)Nc3ccccc3-c3nnc4n3CCCCC4)c(Cl)cc2N1. The Morgan fingerprint density at radius 3 is 2.81 bits per heavy atom. The van der Waals surface area contributed by atoms with E-state index in [4.69, 9.17) is 11.6 Å². The molecule has 10 heteroatoms. The number of rotatable bonds is 4. The number of anilines is 2. The van der Waals surface area contributed by atoms with Gasteiger partial charge in [0.05, 0.1) is 17.1 Å². The highest BCUT2D eigenvalue weighted by molar-refractivity contribution is 7.92. The molecule has 0 spiro atoms. The van der Waals surface area contributed by atoms with Crippen LogP contribution in [0.15, 0.2) is 41.3 Å². The van der Waals surface area contributed by atoms with Crippen molar-refractivity contribution in [3.63, 3.8) is 0 Å². The normalized spacial score (nSPS) is 15.7. The molecule has 0 aliphatic carbocycles. The van der Waals surface area contributed by atoms with E-state index in [9.17, 15) is 13.2 Å². The van der Waals surface area contributed by atoms with E-state index in [2.05, 4.69) is 24.8 Å². The molecule has 1 amide bonds. The van der Waals surface area contributed by atoms with Crippen molar-refractivity contribution in [1.82, 2.24) is 14.8 Å². The van der Waals surface area contributed by atoms with E-state index in [1.807, 2.05) is 12.1 Å². The van der Waals surface area contributed by atoms with E-state index < -0.39 is 10.0 Å². The minimum atomic E-state index is -4.00. The molecular formula is C21H20ClN5O3S. The Labute approximate surface area is 184 Å². The molecule has 3 heterocycles. The molecule has 0 saturated carbocycles. The maximum absolute atomic E-state index is 13.2. The van der Waals surface area contributed by atoms with Crippen LogP contribution in [0.4, 0.5) is 11.4 Å². The maximum Gasteiger partial charge on any atom is 0.263 e. The zero-order valence-electron chi connectivity index (χ0n) is 16.6. The van der Waals surface area contributed by atoms with E-state index >= 15 is 0 Å². The Morgan fingerprint density at radius 1 is 1.10 bits per heavy atom. The molecule has 2 N–H and O–H groups in total. The molecule has 8 nitrogen and oxygen atoms in total. The lowest BCUT2D eigenvalue weighted by molar-refractivity contribution is -0.115. The van der Waals surface area contributed by atoms with Crippen molar-refractivity contribution in [2.75, 3.05) is 10.0 Å². The Balaban J connectivity index is 1.53. The van der Waals surface area contributed by atoms with E-state index in [1.54, 1.807) is 12.1 Å². The quantitative estimate of drug-likeness (QED) is 0.622. The Kier molecular flexibility index (Phi) is 4.94. The van der Waals surface area contributed by atoms with Crippen LogP contribution in [0.1, 0.15) is 30.7 Å². The first kappa shape index (κ1) is 20.0. The Bertz CT molecular complexity index is 1300. The summed E-state index contributed by atoms with van der Waals surface area (Å²) in [6.45, 7) is 0.802. The first-order valence-corrected chi connectivity index (χ1v) is 11.9. The van der Waals surface area contributed by atoms with Gasteiger partial charge < -0.3 is 9.88 Å². The smallest absolute Gasteiger partial charge is 0.263 e. The summed E-state index contributed by atoms with van der Waals surface area (Å²) in [4.78, 5) is 11.6. The lowest BCUT2D eigenvalue weighted by Gasteiger charge is -2.15. The van der Waals surface area contributed by atoms with Crippen LogP contribution < -0.4 is 10.0 Å². The molecule has 0 saturated heterocycles. The zero-order valence-corrected chi connectivity index (χ0v) is 18.1. The van der Waals surface area contributed by atoms with Gasteiger partial charge in [-0.05, 0) is 42.7 Å². The summed E-state index contributed by atoms with van der Waals surface area (Å²) in [5.41, 5.74) is 2.19. The first-order valence-electron chi connectivity index (χ1n) is 10.1. The maximum atomic E-state index is 13.2. The van der Waals surface area contributed by atoms with Crippen molar-refractivity contribution in [3.05, 3.63) is 52.8 Å². The second-order valence-electron chi connectivity index (χ2n) is 7.72. The molecule has 0 atom stereocenters. The van der Waals surface area contributed by atoms with E-state index in [-0.39, 0.29) is 22.2 Å². The van der Waals surface area contributed by atoms with Crippen molar-refractivity contribution >= 4 is 38.9 Å². The van der Waals surface area contributed by atoms with Gasteiger partial charge in [-0.15, -0.1) is 10.2 Å². The molecule has 2 aliphatic heterocycles. The van der Waals surface area contributed by atoms with Gasteiger partial charge in [0.15, 0.2) is 5.82 Å². The fourth-order valence-electron chi connectivity index (χ4n) is 4.08.